The van der Waals surface area contributed by atoms with Gasteiger partial charge in [0.1, 0.15) is 10.6 Å². The Morgan fingerprint density at radius 3 is 2.96 bits per heavy atom. The minimum absolute atomic E-state index is 0.379. The minimum Gasteiger partial charge on any atom is -0.422 e. The first-order valence-electron chi connectivity index (χ1n) is 7.65. The van der Waals surface area contributed by atoms with Crippen LogP contribution in [0.15, 0.2) is 50.0 Å². The summed E-state index contributed by atoms with van der Waals surface area (Å²) in [5.41, 5.74) is 1.28. The summed E-state index contributed by atoms with van der Waals surface area (Å²) in [5, 5.41) is 9.84. The van der Waals surface area contributed by atoms with Gasteiger partial charge in [-0.25, -0.2) is 9.78 Å². The van der Waals surface area contributed by atoms with Crippen LogP contribution in [0.2, 0.25) is 0 Å². The number of para-hydroxylation sites is 1. The number of thiazole rings is 1. The number of hydrogen-bond donors (Lipinski definition) is 0. The highest BCUT2D eigenvalue weighted by atomic mass is 32.1. The van der Waals surface area contributed by atoms with Crippen LogP contribution in [0.1, 0.15) is 5.01 Å². The van der Waals surface area contributed by atoms with E-state index in [0.717, 1.165) is 23.5 Å². The Kier molecular flexibility index (Phi) is 4.10. The number of fused-ring (bicyclic) bond motifs is 1. The number of ether oxygens (including phenoxy) is 1. The normalized spacial score (nSPS) is 15.4. The number of morpholine rings is 1. The summed E-state index contributed by atoms with van der Waals surface area (Å²) >= 11 is 1.45. The predicted octanol–water partition coefficient (Wildman–Crippen LogP) is 2.58. The molecule has 1 aromatic carbocycles. The molecule has 0 radical (unpaired) electrons. The van der Waals surface area contributed by atoms with Crippen molar-refractivity contribution in [3.8, 4) is 11.3 Å². The van der Waals surface area contributed by atoms with E-state index in [2.05, 4.69) is 10.1 Å². The molecule has 24 heavy (non-hydrogen) atoms. The second-order valence-electron chi connectivity index (χ2n) is 5.37. The molecule has 0 saturated carbocycles. The van der Waals surface area contributed by atoms with Crippen LogP contribution < -0.4 is 5.63 Å². The highest BCUT2D eigenvalue weighted by Gasteiger charge is 2.11. The lowest BCUT2D eigenvalue weighted by Crippen LogP contribution is -2.32. The maximum absolute atomic E-state index is 12.2. The summed E-state index contributed by atoms with van der Waals surface area (Å²) in [6, 6.07) is 9.26. The summed E-state index contributed by atoms with van der Waals surface area (Å²) in [6.45, 7) is 2.95. The fourth-order valence-electron chi connectivity index (χ4n) is 2.51. The van der Waals surface area contributed by atoms with Crippen LogP contribution in [0.5, 0.6) is 0 Å². The van der Waals surface area contributed by atoms with Crippen molar-refractivity contribution in [2.45, 2.75) is 0 Å². The molecule has 3 heterocycles. The smallest absolute Gasteiger partial charge is 0.345 e. The summed E-state index contributed by atoms with van der Waals surface area (Å²) < 4.78 is 10.7. The molecule has 1 aliphatic heterocycles. The SMILES string of the molecule is O=c1oc2ccccc2cc1-c1csc(/C=N/N2CCOCC2)n1. The zero-order valence-corrected chi connectivity index (χ0v) is 13.7. The van der Waals surface area contributed by atoms with Crippen LogP contribution in [0.3, 0.4) is 0 Å². The van der Waals surface area contributed by atoms with Gasteiger partial charge in [-0.3, -0.25) is 5.01 Å². The molecule has 122 valence electrons. The number of aromatic nitrogens is 1. The van der Waals surface area contributed by atoms with E-state index in [0.29, 0.717) is 30.1 Å². The Labute approximate surface area is 142 Å². The highest BCUT2D eigenvalue weighted by Crippen LogP contribution is 2.22. The molecule has 0 spiro atoms. The van der Waals surface area contributed by atoms with Crippen molar-refractivity contribution >= 4 is 28.5 Å². The molecule has 0 unspecified atom stereocenters. The molecule has 0 N–H and O–H groups in total. The molecule has 0 amide bonds. The second-order valence-corrected chi connectivity index (χ2v) is 6.26. The topological polar surface area (TPSA) is 67.9 Å². The van der Waals surface area contributed by atoms with Crippen LogP contribution in [-0.2, 0) is 4.74 Å². The van der Waals surface area contributed by atoms with E-state index in [4.69, 9.17) is 9.15 Å². The summed E-state index contributed by atoms with van der Waals surface area (Å²) in [5.74, 6) is 0. The zero-order chi connectivity index (χ0) is 16.4. The van der Waals surface area contributed by atoms with E-state index in [1.54, 1.807) is 12.3 Å². The molecule has 1 saturated heterocycles. The van der Waals surface area contributed by atoms with Gasteiger partial charge < -0.3 is 9.15 Å². The van der Waals surface area contributed by atoms with Crippen molar-refractivity contribution in [2.75, 3.05) is 26.3 Å². The van der Waals surface area contributed by atoms with Gasteiger partial charge >= 0.3 is 5.63 Å². The van der Waals surface area contributed by atoms with Crippen LogP contribution >= 0.6 is 11.3 Å². The summed E-state index contributed by atoms with van der Waals surface area (Å²) in [7, 11) is 0. The van der Waals surface area contributed by atoms with E-state index in [9.17, 15) is 4.79 Å². The Bertz CT molecular complexity index is 941. The highest BCUT2D eigenvalue weighted by molar-refractivity contribution is 7.11. The molecule has 0 bridgehead atoms. The molecular formula is C17H15N3O3S. The van der Waals surface area contributed by atoms with Crippen LogP contribution in [0, 0.1) is 0 Å². The van der Waals surface area contributed by atoms with E-state index >= 15 is 0 Å². The Morgan fingerprint density at radius 1 is 1.25 bits per heavy atom. The molecule has 4 rings (SSSR count). The van der Waals surface area contributed by atoms with E-state index < -0.39 is 0 Å². The molecule has 0 aliphatic carbocycles. The first kappa shape index (κ1) is 15.0. The molecule has 2 aromatic heterocycles. The third-order valence-corrected chi connectivity index (χ3v) is 4.54. The van der Waals surface area contributed by atoms with Gasteiger partial charge in [0.15, 0.2) is 0 Å². The number of hydrogen-bond acceptors (Lipinski definition) is 7. The fraction of sp³-hybridized carbons (Fsp3) is 0.235. The molecule has 1 aliphatic rings. The van der Waals surface area contributed by atoms with Crippen molar-refractivity contribution in [1.29, 1.82) is 0 Å². The minimum atomic E-state index is -0.379. The van der Waals surface area contributed by atoms with Gasteiger partial charge in [-0.05, 0) is 12.1 Å². The third kappa shape index (κ3) is 3.08. The van der Waals surface area contributed by atoms with E-state index in [-0.39, 0.29) is 5.63 Å². The average Bonchev–Trinajstić information content (AvgIpc) is 3.09. The maximum atomic E-state index is 12.2. The zero-order valence-electron chi connectivity index (χ0n) is 12.8. The van der Waals surface area contributed by atoms with Gasteiger partial charge in [-0.1, -0.05) is 18.2 Å². The van der Waals surface area contributed by atoms with Crippen molar-refractivity contribution in [1.82, 2.24) is 9.99 Å². The monoisotopic (exact) mass is 341 g/mol. The molecule has 1 fully saturated rings. The average molecular weight is 341 g/mol. The third-order valence-electron chi connectivity index (χ3n) is 3.76. The van der Waals surface area contributed by atoms with Crippen LogP contribution in [0.25, 0.3) is 22.2 Å². The van der Waals surface area contributed by atoms with Gasteiger partial charge in [0.25, 0.3) is 0 Å². The lowest BCUT2D eigenvalue weighted by atomic mass is 10.1. The van der Waals surface area contributed by atoms with Crippen LogP contribution in [0.4, 0.5) is 0 Å². The van der Waals surface area contributed by atoms with Gasteiger partial charge in [-0.2, -0.15) is 5.10 Å². The van der Waals surface area contributed by atoms with E-state index in [1.807, 2.05) is 34.7 Å². The molecule has 3 aromatic rings. The quantitative estimate of drug-likeness (QED) is 0.541. The predicted molar refractivity (Wildman–Crippen MR) is 93.6 cm³/mol. The van der Waals surface area contributed by atoms with Crippen molar-refractivity contribution in [3.63, 3.8) is 0 Å². The van der Waals surface area contributed by atoms with Crippen molar-refractivity contribution < 1.29 is 9.15 Å². The number of rotatable bonds is 3. The number of hydrazone groups is 1. The first-order valence-corrected chi connectivity index (χ1v) is 8.53. The van der Waals surface area contributed by atoms with Gasteiger partial charge in [-0.15, -0.1) is 11.3 Å². The van der Waals surface area contributed by atoms with Crippen molar-refractivity contribution in [3.05, 3.63) is 51.1 Å². The summed E-state index contributed by atoms with van der Waals surface area (Å²) in [6.07, 6.45) is 1.72. The van der Waals surface area contributed by atoms with Gasteiger partial charge in [0.2, 0.25) is 0 Å². The van der Waals surface area contributed by atoms with E-state index in [1.165, 1.54) is 11.3 Å². The maximum Gasteiger partial charge on any atom is 0.345 e. The lowest BCUT2D eigenvalue weighted by molar-refractivity contribution is 0.0397. The second kappa shape index (κ2) is 6.54. The first-order chi connectivity index (χ1) is 11.8. The molecular weight excluding hydrogens is 326 g/mol. The summed E-state index contributed by atoms with van der Waals surface area (Å²) in [4.78, 5) is 16.7. The lowest BCUT2D eigenvalue weighted by Gasteiger charge is -2.23. The standard InChI is InChI=1S/C17H15N3O3S/c21-17-13(9-12-3-1-2-4-15(12)23-17)14-11-24-16(19-14)10-18-20-5-7-22-8-6-20/h1-4,9-11H,5-8H2/b18-10+. The van der Waals surface area contributed by atoms with Gasteiger partial charge in [0.05, 0.1) is 43.8 Å². The molecule has 7 heteroatoms. The largest absolute Gasteiger partial charge is 0.422 e. The Balaban J connectivity index is 1.61. The molecule has 0 atom stereocenters. The van der Waals surface area contributed by atoms with Crippen molar-refractivity contribution in [2.24, 2.45) is 5.10 Å². The Morgan fingerprint density at radius 2 is 2.08 bits per heavy atom. The number of nitrogens with zero attached hydrogens (tertiary/aromatic N) is 3. The molecule has 6 nitrogen and oxygen atoms in total. The Hall–Kier alpha value is -2.51. The van der Waals surface area contributed by atoms with Crippen LogP contribution in [-0.4, -0.2) is 42.5 Å². The fourth-order valence-corrected chi connectivity index (χ4v) is 3.18. The number of benzene rings is 1. The van der Waals surface area contributed by atoms with Gasteiger partial charge in [0, 0.05) is 10.8 Å².